The summed E-state index contributed by atoms with van der Waals surface area (Å²) >= 11 is 3.07. The Hall–Kier alpha value is -4.15. The number of rotatable bonds is 9. The molecule has 1 aliphatic carbocycles. The predicted molar refractivity (Wildman–Crippen MR) is 230 cm³/mol. The number of esters is 1. The van der Waals surface area contributed by atoms with Crippen molar-refractivity contribution in [3.63, 3.8) is 0 Å². The molecule has 8 rings (SSSR count). The van der Waals surface area contributed by atoms with Crippen molar-refractivity contribution in [1.82, 2.24) is 30.3 Å². The first-order valence-corrected chi connectivity index (χ1v) is 22.7. The highest BCUT2D eigenvalue weighted by molar-refractivity contribution is 8.14. The molecule has 1 saturated carbocycles. The van der Waals surface area contributed by atoms with E-state index in [9.17, 15) is 14.4 Å². The Balaban J connectivity index is 1.24. The zero-order valence-corrected chi connectivity index (χ0v) is 36.5. The molecular weight excluding hydrogens is 787 g/mol. The minimum Gasteiger partial charge on any atom is -0.464 e. The van der Waals surface area contributed by atoms with E-state index in [2.05, 4.69) is 65.3 Å². The third-order valence-corrected chi connectivity index (χ3v) is 14.0. The molecule has 1 saturated heterocycles. The molecule has 314 valence electrons. The van der Waals surface area contributed by atoms with Crippen LogP contribution in [0.4, 0.5) is 0 Å². The molecular formula is C44H55N7O6S2. The number of nitrogens with one attached hydrogen (secondary N) is 2. The molecule has 4 aromatic rings. The SMILES string of the molecule is CCO[C@@H]1C2=NC(CS2)c2ccc3c(c2)c(c(-c2cccnc2[C@H](C)OC)n3CC)CC(C)(C)COC(=O)[C@@H]2CCCN(N2)C(=O)[C@H]1NC(=O)[C@@H]1[C@@H](C)[C@H]1c1cscn1. The Bertz CT molecular complexity index is 2240. The number of carbonyl (C=O) groups is 3. The zero-order valence-electron chi connectivity index (χ0n) is 34.9. The van der Waals surface area contributed by atoms with E-state index in [4.69, 9.17) is 24.2 Å². The molecule has 13 nitrogen and oxygen atoms in total. The molecule has 6 bridgehead atoms. The molecule has 6 heterocycles. The molecule has 2 fully saturated rings. The first-order valence-electron chi connectivity index (χ1n) is 20.8. The van der Waals surface area contributed by atoms with Gasteiger partial charge >= 0.3 is 5.97 Å². The van der Waals surface area contributed by atoms with Gasteiger partial charge in [-0.05, 0) is 81.3 Å². The lowest BCUT2D eigenvalue weighted by atomic mass is 9.84. The topological polar surface area (TPSA) is 149 Å². The number of thiazole rings is 1. The van der Waals surface area contributed by atoms with Crippen molar-refractivity contribution in [2.75, 3.05) is 32.6 Å². The maximum absolute atomic E-state index is 14.7. The van der Waals surface area contributed by atoms with Crippen LogP contribution in [0.15, 0.2) is 52.4 Å². The van der Waals surface area contributed by atoms with Gasteiger partial charge in [0.2, 0.25) is 5.91 Å². The maximum atomic E-state index is 14.7. The average Bonchev–Trinajstić information content (AvgIpc) is 3.69. The van der Waals surface area contributed by atoms with Crippen molar-refractivity contribution in [3.05, 3.63) is 69.9 Å². The number of carbonyl (C=O) groups excluding carboxylic acids is 3. The number of benzene rings is 1. The molecule has 3 aromatic heterocycles. The molecule has 2 N–H and O–H groups in total. The summed E-state index contributed by atoms with van der Waals surface area (Å²) in [6.45, 7) is 13.9. The number of pyridine rings is 1. The Labute approximate surface area is 354 Å². The van der Waals surface area contributed by atoms with Gasteiger partial charge in [-0.1, -0.05) is 26.8 Å². The van der Waals surface area contributed by atoms with Crippen LogP contribution in [0.2, 0.25) is 0 Å². The number of aromatic nitrogens is 3. The summed E-state index contributed by atoms with van der Waals surface area (Å²) in [4.78, 5) is 57.3. The molecule has 4 aliphatic rings. The smallest absolute Gasteiger partial charge is 0.324 e. The van der Waals surface area contributed by atoms with Gasteiger partial charge in [0.05, 0.1) is 41.3 Å². The van der Waals surface area contributed by atoms with Crippen molar-refractivity contribution in [1.29, 1.82) is 0 Å². The average molecular weight is 842 g/mol. The summed E-state index contributed by atoms with van der Waals surface area (Å²) in [5.74, 6) is -0.633. The Morgan fingerprint density at radius 2 is 2.02 bits per heavy atom. The van der Waals surface area contributed by atoms with Crippen LogP contribution in [0.25, 0.3) is 22.2 Å². The van der Waals surface area contributed by atoms with E-state index in [-0.39, 0.29) is 48.3 Å². The van der Waals surface area contributed by atoms with E-state index in [1.165, 1.54) is 16.3 Å². The Kier molecular flexibility index (Phi) is 12.0. The van der Waals surface area contributed by atoms with Gasteiger partial charge < -0.3 is 24.1 Å². The number of hydrazine groups is 1. The van der Waals surface area contributed by atoms with Gasteiger partial charge in [-0.3, -0.25) is 29.4 Å². The van der Waals surface area contributed by atoms with E-state index in [1.807, 2.05) is 38.4 Å². The lowest BCUT2D eigenvalue weighted by Crippen LogP contribution is -2.63. The Morgan fingerprint density at radius 3 is 2.76 bits per heavy atom. The number of ether oxygens (including phenoxy) is 3. The fourth-order valence-electron chi connectivity index (χ4n) is 9.13. The standard InChI is InChI=1S/C44H55N7O6S2/c1-8-50-33-15-14-26-18-28(33)29(38(50)27-12-10-16-45-36(27)25(4)55-7)19-44(5,6)22-57-43(54)30-13-11-17-51(49-30)42(53)37(39(56-9-2)41-47-31(26)21-59-41)48-40(52)35-24(3)34(35)32-20-58-23-46-32/h10,12,14-16,18,20,23-25,30-31,34-35,37,39,49H,8-9,11,13,17,19,21-22H2,1-7H3,(H,48,52)/t24-,25-,30-,31?,34-,35+,37-,39-/m0/s1. The second kappa shape index (κ2) is 17.1. The minimum atomic E-state index is -1.09. The van der Waals surface area contributed by atoms with Crippen LogP contribution in [-0.4, -0.2) is 93.2 Å². The number of aryl methyl sites for hydroxylation is 1. The molecule has 8 atom stereocenters. The number of thioether (sulfide) groups is 1. The Morgan fingerprint density at radius 1 is 1.19 bits per heavy atom. The molecule has 1 aromatic carbocycles. The molecule has 3 aliphatic heterocycles. The van der Waals surface area contributed by atoms with Crippen molar-refractivity contribution < 1.29 is 28.6 Å². The monoisotopic (exact) mass is 841 g/mol. The van der Waals surface area contributed by atoms with Crippen LogP contribution >= 0.6 is 23.1 Å². The van der Waals surface area contributed by atoms with Crippen LogP contribution in [0, 0.1) is 17.3 Å². The predicted octanol–water partition coefficient (Wildman–Crippen LogP) is 6.63. The molecule has 0 spiro atoms. The molecule has 59 heavy (non-hydrogen) atoms. The van der Waals surface area contributed by atoms with E-state index >= 15 is 0 Å². The van der Waals surface area contributed by atoms with Crippen molar-refractivity contribution in [2.45, 2.75) is 104 Å². The zero-order chi connectivity index (χ0) is 41.6. The number of cyclic esters (lactones) is 1. The van der Waals surface area contributed by atoms with Gasteiger partial charge in [0.25, 0.3) is 5.91 Å². The van der Waals surface area contributed by atoms with E-state index in [0.717, 1.165) is 51.2 Å². The van der Waals surface area contributed by atoms with Crippen LogP contribution in [0.3, 0.4) is 0 Å². The summed E-state index contributed by atoms with van der Waals surface area (Å²) in [6, 6.07) is 8.64. The summed E-state index contributed by atoms with van der Waals surface area (Å²) < 4.78 is 20.7. The fraction of sp³-hybridized carbons (Fsp3) is 0.545. The van der Waals surface area contributed by atoms with Crippen LogP contribution in [0.1, 0.15) is 95.0 Å². The molecule has 1 unspecified atom stereocenters. The number of aliphatic imine (C=N–C) groups is 1. The summed E-state index contributed by atoms with van der Waals surface area (Å²) in [7, 11) is 1.70. The van der Waals surface area contributed by atoms with E-state index in [1.54, 1.807) is 24.4 Å². The lowest BCUT2D eigenvalue weighted by molar-refractivity contribution is -0.156. The van der Waals surface area contributed by atoms with Crippen LogP contribution < -0.4 is 10.7 Å². The normalized spacial score (nSPS) is 27.5. The lowest BCUT2D eigenvalue weighted by Gasteiger charge is -2.37. The second-order valence-corrected chi connectivity index (χ2v) is 18.7. The highest BCUT2D eigenvalue weighted by Gasteiger charge is 2.55. The third kappa shape index (κ3) is 8.08. The van der Waals surface area contributed by atoms with E-state index in [0.29, 0.717) is 43.2 Å². The molecule has 15 heteroatoms. The number of hydrogen-bond acceptors (Lipinski definition) is 12. The minimum absolute atomic E-state index is 0.0174. The third-order valence-electron chi connectivity index (χ3n) is 12.3. The van der Waals surface area contributed by atoms with Gasteiger partial charge in [-0.25, -0.2) is 10.4 Å². The first kappa shape index (κ1) is 41.6. The fourth-order valence-corrected chi connectivity index (χ4v) is 10.9. The maximum Gasteiger partial charge on any atom is 0.324 e. The van der Waals surface area contributed by atoms with Crippen LogP contribution in [0.5, 0.6) is 0 Å². The van der Waals surface area contributed by atoms with Gasteiger partial charge in [0.15, 0.2) is 0 Å². The summed E-state index contributed by atoms with van der Waals surface area (Å²) in [5, 5.41) is 8.35. The van der Waals surface area contributed by atoms with Crippen LogP contribution in [-0.2, 0) is 41.6 Å². The first-order chi connectivity index (χ1) is 28.4. The number of nitrogens with zero attached hydrogens (tertiary/aromatic N) is 5. The number of methoxy groups -OCH3 is 1. The quantitative estimate of drug-likeness (QED) is 0.176. The number of fused-ring (bicyclic) bond motifs is 5. The van der Waals surface area contributed by atoms with Gasteiger partial charge in [0, 0.05) is 77.9 Å². The molecule has 0 radical (unpaired) electrons. The van der Waals surface area contributed by atoms with Gasteiger partial charge in [0.1, 0.15) is 23.2 Å². The van der Waals surface area contributed by atoms with Gasteiger partial charge in [-0.15, -0.1) is 23.1 Å². The number of amides is 2. The second-order valence-electron chi connectivity index (χ2n) is 16.9. The highest BCUT2D eigenvalue weighted by Crippen LogP contribution is 2.53. The van der Waals surface area contributed by atoms with Crippen molar-refractivity contribution in [2.24, 2.45) is 22.2 Å². The summed E-state index contributed by atoms with van der Waals surface area (Å²) in [5.41, 5.74) is 11.6. The number of hydrogen-bond donors (Lipinski definition) is 2. The highest BCUT2D eigenvalue weighted by atomic mass is 32.2. The van der Waals surface area contributed by atoms with Crippen molar-refractivity contribution >= 4 is 56.8 Å². The molecule has 2 amide bonds. The van der Waals surface area contributed by atoms with E-state index < -0.39 is 29.6 Å². The largest absolute Gasteiger partial charge is 0.464 e. The summed E-state index contributed by atoms with van der Waals surface area (Å²) in [6.07, 6.45) is 2.44. The van der Waals surface area contributed by atoms with Crippen molar-refractivity contribution in [3.8, 4) is 11.3 Å². The van der Waals surface area contributed by atoms with Gasteiger partial charge in [-0.2, -0.15) is 0 Å².